The van der Waals surface area contributed by atoms with Crippen molar-refractivity contribution in [2.45, 2.75) is 13.5 Å². The van der Waals surface area contributed by atoms with E-state index in [0.29, 0.717) is 25.2 Å². The maximum atomic E-state index is 13.3. The molecule has 0 bridgehead atoms. The fraction of sp³-hybridized carbons (Fsp3) is 0.462. The topological polar surface area (TPSA) is 40.5 Å². The Kier molecular flexibility index (Phi) is 3.88. The number of carbonyl (C=O) groups is 1. The molecule has 1 aliphatic heterocycles. The zero-order chi connectivity index (χ0) is 13.3. The second-order valence-corrected chi connectivity index (χ2v) is 5.21. The van der Waals surface area contributed by atoms with Gasteiger partial charge < -0.3 is 5.11 Å². The molecule has 0 aliphatic carbocycles. The van der Waals surface area contributed by atoms with E-state index in [1.807, 2.05) is 11.8 Å². The predicted octanol–water partition coefficient (Wildman–Crippen LogP) is 2.63. The third kappa shape index (κ3) is 2.65. The van der Waals surface area contributed by atoms with E-state index in [1.54, 1.807) is 12.1 Å². The Morgan fingerprint density at radius 2 is 2.28 bits per heavy atom. The molecule has 2 unspecified atom stereocenters. The first-order valence-corrected chi connectivity index (χ1v) is 6.25. The molecule has 5 heteroatoms. The van der Waals surface area contributed by atoms with Crippen molar-refractivity contribution in [3.05, 3.63) is 34.6 Å². The van der Waals surface area contributed by atoms with Gasteiger partial charge >= 0.3 is 5.97 Å². The summed E-state index contributed by atoms with van der Waals surface area (Å²) in [6.07, 6.45) is 0. The third-order valence-corrected chi connectivity index (χ3v) is 3.85. The molecule has 98 valence electrons. The first kappa shape index (κ1) is 13.3. The minimum atomic E-state index is -0.768. The summed E-state index contributed by atoms with van der Waals surface area (Å²) < 4.78 is 13.3. The van der Waals surface area contributed by atoms with Crippen molar-refractivity contribution in [2.75, 3.05) is 13.1 Å². The van der Waals surface area contributed by atoms with Crippen LogP contribution >= 0.6 is 11.6 Å². The molecule has 1 saturated heterocycles. The molecular weight excluding hydrogens is 257 g/mol. The number of halogens is 2. The number of likely N-dealkylation sites (tertiary alicyclic amines) is 1. The number of hydrogen-bond acceptors (Lipinski definition) is 2. The molecule has 2 atom stereocenters. The summed E-state index contributed by atoms with van der Waals surface area (Å²) in [5.41, 5.74) is 0.704. The van der Waals surface area contributed by atoms with Gasteiger partial charge in [-0.1, -0.05) is 30.7 Å². The van der Waals surface area contributed by atoms with Crippen LogP contribution in [-0.2, 0) is 11.3 Å². The molecule has 3 nitrogen and oxygen atoms in total. The zero-order valence-corrected chi connectivity index (χ0v) is 10.8. The summed E-state index contributed by atoms with van der Waals surface area (Å²) in [4.78, 5) is 13.0. The van der Waals surface area contributed by atoms with Gasteiger partial charge in [0.25, 0.3) is 0 Å². The number of carboxylic acids is 1. The molecule has 1 N–H and O–H groups in total. The molecule has 1 aromatic carbocycles. The predicted molar refractivity (Wildman–Crippen MR) is 67.0 cm³/mol. The Morgan fingerprint density at radius 3 is 2.89 bits per heavy atom. The Hall–Kier alpha value is -1.13. The highest BCUT2D eigenvalue weighted by Gasteiger charge is 2.34. The van der Waals surface area contributed by atoms with Gasteiger partial charge in [-0.3, -0.25) is 9.69 Å². The van der Waals surface area contributed by atoms with E-state index >= 15 is 0 Å². The number of carboxylic acid groups (broad SMARTS) is 1. The van der Waals surface area contributed by atoms with Crippen LogP contribution in [0.1, 0.15) is 12.5 Å². The first-order valence-electron chi connectivity index (χ1n) is 5.87. The molecular formula is C13H15ClFNO2. The number of rotatable bonds is 3. The van der Waals surface area contributed by atoms with E-state index in [9.17, 15) is 9.18 Å². The normalized spacial score (nSPS) is 24.4. The van der Waals surface area contributed by atoms with Crippen LogP contribution in [0.15, 0.2) is 18.2 Å². The lowest BCUT2D eigenvalue weighted by atomic mass is 9.99. The van der Waals surface area contributed by atoms with E-state index in [2.05, 4.69) is 0 Å². The van der Waals surface area contributed by atoms with Gasteiger partial charge in [0, 0.05) is 19.6 Å². The molecule has 1 fully saturated rings. The minimum absolute atomic E-state index is 0.106. The van der Waals surface area contributed by atoms with Crippen LogP contribution < -0.4 is 0 Å². The fourth-order valence-electron chi connectivity index (χ4n) is 2.43. The van der Waals surface area contributed by atoms with Crippen molar-refractivity contribution >= 4 is 17.6 Å². The Bertz CT molecular complexity index is 466. The largest absolute Gasteiger partial charge is 0.481 e. The molecule has 18 heavy (non-hydrogen) atoms. The van der Waals surface area contributed by atoms with Crippen LogP contribution in [0.2, 0.25) is 5.02 Å². The van der Waals surface area contributed by atoms with Crippen molar-refractivity contribution in [3.8, 4) is 0 Å². The summed E-state index contributed by atoms with van der Waals surface area (Å²) in [7, 11) is 0. The summed E-state index contributed by atoms with van der Waals surface area (Å²) in [5, 5.41) is 9.18. The van der Waals surface area contributed by atoms with Crippen molar-refractivity contribution in [3.63, 3.8) is 0 Å². The summed E-state index contributed by atoms with van der Waals surface area (Å²) in [5.74, 6) is -1.45. The Labute approximate surface area is 110 Å². The number of benzene rings is 1. The van der Waals surface area contributed by atoms with E-state index in [0.717, 1.165) is 0 Å². The third-order valence-electron chi connectivity index (χ3n) is 3.43. The van der Waals surface area contributed by atoms with Crippen LogP contribution in [0.5, 0.6) is 0 Å². The van der Waals surface area contributed by atoms with E-state index < -0.39 is 11.8 Å². The molecule has 0 spiro atoms. The number of nitrogens with zero attached hydrogens (tertiary/aromatic N) is 1. The van der Waals surface area contributed by atoms with Crippen molar-refractivity contribution in [1.29, 1.82) is 0 Å². The summed E-state index contributed by atoms with van der Waals surface area (Å²) >= 11 is 5.89. The maximum Gasteiger partial charge on any atom is 0.308 e. The fourth-order valence-corrected chi connectivity index (χ4v) is 2.61. The van der Waals surface area contributed by atoms with E-state index in [4.69, 9.17) is 16.7 Å². The molecule has 2 rings (SSSR count). The molecule has 1 heterocycles. The van der Waals surface area contributed by atoms with Crippen molar-refractivity contribution in [1.82, 2.24) is 4.90 Å². The lowest BCUT2D eigenvalue weighted by Crippen LogP contribution is -2.23. The first-order chi connectivity index (χ1) is 8.49. The average molecular weight is 272 g/mol. The Morgan fingerprint density at radius 1 is 1.56 bits per heavy atom. The van der Waals surface area contributed by atoms with Gasteiger partial charge in [0.15, 0.2) is 0 Å². The number of hydrogen-bond donors (Lipinski definition) is 1. The van der Waals surface area contributed by atoms with Gasteiger partial charge in [-0.15, -0.1) is 0 Å². The molecule has 0 radical (unpaired) electrons. The molecule has 1 aliphatic rings. The van der Waals surface area contributed by atoms with Gasteiger partial charge in [-0.25, -0.2) is 4.39 Å². The number of aliphatic carboxylic acids is 1. The van der Waals surface area contributed by atoms with E-state index in [-0.39, 0.29) is 16.9 Å². The van der Waals surface area contributed by atoms with E-state index in [1.165, 1.54) is 6.07 Å². The molecule has 0 saturated carbocycles. The van der Waals surface area contributed by atoms with Crippen LogP contribution in [0.4, 0.5) is 4.39 Å². The smallest absolute Gasteiger partial charge is 0.308 e. The van der Waals surface area contributed by atoms with Crippen molar-refractivity contribution in [2.24, 2.45) is 11.8 Å². The maximum absolute atomic E-state index is 13.3. The lowest BCUT2D eigenvalue weighted by molar-refractivity contribution is -0.142. The van der Waals surface area contributed by atoms with Gasteiger partial charge in [0.05, 0.1) is 10.9 Å². The molecule has 0 aromatic heterocycles. The monoisotopic (exact) mass is 271 g/mol. The second-order valence-electron chi connectivity index (χ2n) is 4.83. The standard InChI is InChI=1S/C13H15ClFNO2/c1-8-5-16(7-10(8)13(17)18)6-9-3-2-4-11(15)12(9)14/h2-4,8,10H,5-7H2,1H3,(H,17,18). The van der Waals surface area contributed by atoms with Gasteiger partial charge in [-0.05, 0) is 17.5 Å². The zero-order valence-electron chi connectivity index (χ0n) is 10.1. The van der Waals surface area contributed by atoms with Crippen molar-refractivity contribution < 1.29 is 14.3 Å². The SMILES string of the molecule is CC1CN(Cc2cccc(F)c2Cl)CC1C(=O)O. The second kappa shape index (κ2) is 5.24. The van der Waals surface area contributed by atoms with Crippen LogP contribution in [-0.4, -0.2) is 29.1 Å². The highest BCUT2D eigenvalue weighted by molar-refractivity contribution is 6.31. The molecule has 0 amide bonds. The van der Waals surface area contributed by atoms with Gasteiger partial charge in [0.1, 0.15) is 5.82 Å². The quantitative estimate of drug-likeness (QED) is 0.919. The van der Waals surface area contributed by atoms with Crippen LogP contribution in [0.3, 0.4) is 0 Å². The lowest BCUT2D eigenvalue weighted by Gasteiger charge is -2.16. The molecule has 1 aromatic rings. The highest BCUT2D eigenvalue weighted by Crippen LogP contribution is 2.27. The average Bonchev–Trinajstić information content (AvgIpc) is 2.66. The van der Waals surface area contributed by atoms with Crippen LogP contribution in [0.25, 0.3) is 0 Å². The summed E-state index contributed by atoms with van der Waals surface area (Å²) in [6, 6.07) is 4.70. The minimum Gasteiger partial charge on any atom is -0.481 e. The Balaban J connectivity index is 2.07. The van der Waals surface area contributed by atoms with Crippen LogP contribution in [0, 0.1) is 17.7 Å². The summed E-state index contributed by atoms with van der Waals surface area (Å²) in [6.45, 7) is 3.60. The van der Waals surface area contributed by atoms with Gasteiger partial charge in [-0.2, -0.15) is 0 Å². The van der Waals surface area contributed by atoms with Gasteiger partial charge in [0.2, 0.25) is 0 Å². The highest BCUT2D eigenvalue weighted by atomic mass is 35.5.